The molecule has 0 unspecified atom stereocenters. The van der Waals surface area contributed by atoms with Crippen LogP contribution < -0.4 is 10.9 Å². The third kappa shape index (κ3) is 3.98. The topological polar surface area (TPSA) is 76.9 Å². The molecule has 0 radical (unpaired) electrons. The fraction of sp³-hybridized carbons (Fsp3) is 0.158. The molecule has 0 atom stereocenters. The molecule has 0 saturated carbocycles. The Morgan fingerprint density at radius 1 is 1.12 bits per heavy atom. The first-order valence-electron chi connectivity index (χ1n) is 7.99. The lowest BCUT2D eigenvalue weighted by Crippen LogP contribution is -2.32. The molecule has 6 nitrogen and oxygen atoms in total. The zero-order valence-corrected chi connectivity index (χ0v) is 13.8. The van der Waals surface area contributed by atoms with Crippen LogP contribution in [0.5, 0.6) is 0 Å². The molecule has 3 rings (SSSR count). The number of nitrogens with one attached hydrogen (secondary N) is 1. The highest BCUT2D eigenvalue weighted by Gasteiger charge is 2.07. The molecule has 0 aliphatic rings. The van der Waals surface area contributed by atoms with Gasteiger partial charge in [0.2, 0.25) is 5.91 Å². The Kier molecular flexibility index (Phi) is 4.99. The Morgan fingerprint density at radius 2 is 1.84 bits per heavy atom. The van der Waals surface area contributed by atoms with E-state index in [4.69, 9.17) is 0 Å². The van der Waals surface area contributed by atoms with E-state index in [0.29, 0.717) is 23.0 Å². The van der Waals surface area contributed by atoms with Crippen LogP contribution in [0.4, 0.5) is 0 Å². The van der Waals surface area contributed by atoms with Crippen molar-refractivity contribution in [1.29, 1.82) is 0 Å². The summed E-state index contributed by atoms with van der Waals surface area (Å²) in [4.78, 5) is 24.4. The standard InChI is InChI=1S/C19H18N4O2/c1-14(13-15-7-3-2-4-8-15)18(24)20-11-12-23-19(25)16-9-5-6-10-17(16)21-22-23/h2-10,13H,11-12H2,1H3,(H,20,24). The molecular weight excluding hydrogens is 316 g/mol. The third-order valence-corrected chi connectivity index (χ3v) is 3.78. The van der Waals surface area contributed by atoms with Crippen molar-refractivity contribution in [3.63, 3.8) is 0 Å². The molecule has 0 saturated heterocycles. The summed E-state index contributed by atoms with van der Waals surface area (Å²) in [5.74, 6) is -0.175. The van der Waals surface area contributed by atoms with Crippen molar-refractivity contribution in [2.24, 2.45) is 0 Å². The van der Waals surface area contributed by atoms with Gasteiger partial charge in [-0.3, -0.25) is 9.59 Å². The quantitative estimate of drug-likeness (QED) is 0.724. The molecule has 0 spiro atoms. The number of nitrogens with zero attached hydrogens (tertiary/aromatic N) is 3. The van der Waals surface area contributed by atoms with Gasteiger partial charge in [-0.25, -0.2) is 4.68 Å². The molecule has 6 heteroatoms. The highest BCUT2D eigenvalue weighted by molar-refractivity contribution is 5.97. The van der Waals surface area contributed by atoms with Crippen molar-refractivity contribution >= 4 is 22.9 Å². The monoisotopic (exact) mass is 334 g/mol. The van der Waals surface area contributed by atoms with Crippen LogP contribution in [0.15, 0.2) is 65.0 Å². The van der Waals surface area contributed by atoms with Gasteiger partial charge in [0.1, 0.15) is 5.52 Å². The van der Waals surface area contributed by atoms with E-state index in [0.717, 1.165) is 5.56 Å². The Hall–Kier alpha value is -3.28. The van der Waals surface area contributed by atoms with Gasteiger partial charge in [0.15, 0.2) is 0 Å². The predicted molar refractivity (Wildman–Crippen MR) is 96.9 cm³/mol. The lowest BCUT2D eigenvalue weighted by Gasteiger charge is -2.07. The number of hydrogen-bond acceptors (Lipinski definition) is 4. The summed E-state index contributed by atoms with van der Waals surface area (Å²) >= 11 is 0. The highest BCUT2D eigenvalue weighted by Crippen LogP contribution is 2.06. The van der Waals surface area contributed by atoms with E-state index in [-0.39, 0.29) is 18.0 Å². The molecular formula is C19H18N4O2. The van der Waals surface area contributed by atoms with Crippen LogP contribution in [0.2, 0.25) is 0 Å². The second-order valence-corrected chi connectivity index (χ2v) is 5.63. The Morgan fingerprint density at radius 3 is 2.64 bits per heavy atom. The van der Waals surface area contributed by atoms with Crippen molar-refractivity contribution in [1.82, 2.24) is 20.3 Å². The summed E-state index contributed by atoms with van der Waals surface area (Å²) in [5.41, 5.74) is 1.92. The van der Waals surface area contributed by atoms with Crippen molar-refractivity contribution in [3.05, 3.63) is 76.1 Å². The fourth-order valence-corrected chi connectivity index (χ4v) is 2.45. The maximum absolute atomic E-state index is 12.3. The molecule has 0 fully saturated rings. The Balaban J connectivity index is 1.63. The largest absolute Gasteiger partial charge is 0.350 e. The normalized spacial score (nSPS) is 11.5. The van der Waals surface area contributed by atoms with E-state index in [9.17, 15) is 9.59 Å². The molecule has 1 amide bonds. The SMILES string of the molecule is CC(=Cc1ccccc1)C(=O)NCCn1nnc2ccccc2c1=O. The number of rotatable bonds is 5. The molecule has 1 heterocycles. The van der Waals surface area contributed by atoms with Crippen molar-refractivity contribution in [3.8, 4) is 0 Å². The van der Waals surface area contributed by atoms with Gasteiger partial charge in [-0.1, -0.05) is 47.7 Å². The first kappa shape index (κ1) is 16.6. The number of amides is 1. The summed E-state index contributed by atoms with van der Waals surface area (Å²) in [7, 11) is 0. The average Bonchev–Trinajstić information content (AvgIpc) is 2.64. The van der Waals surface area contributed by atoms with Crippen LogP contribution >= 0.6 is 0 Å². The average molecular weight is 334 g/mol. The maximum Gasteiger partial charge on any atom is 0.277 e. The first-order chi connectivity index (χ1) is 12.1. The van der Waals surface area contributed by atoms with Crippen LogP contribution in [0.3, 0.4) is 0 Å². The molecule has 0 bridgehead atoms. The van der Waals surface area contributed by atoms with E-state index in [1.54, 1.807) is 25.1 Å². The Labute approximate surface area is 144 Å². The number of hydrogen-bond donors (Lipinski definition) is 1. The Bertz CT molecular complexity index is 977. The number of aromatic nitrogens is 3. The smallest absolute Gasteiger partial charge is 0.277 e. The van der Waals surface area contributed by atoms with Crippen LogP contribution in [0.25, 0.3) is 17.0 Å². The molecule has 1 aromatic heterocycles. The van der Waals surface area contributed by atoms with Crippen molar-refractivity contribution in [2.75, 3.05) is 6.54 Å². The number of fused-ring (bicyclic) bond motifs is 1. The minimum absolute atomic E-state index is 0.175. The second kappa shape index (κ2) is 7.53. The summed E-state index contributed by atoms with van der Waals surface area (Å²) in [6.07, 6.45) is 1.82. The van der Waals surface area contributed by atoms with Gasteiger partial charge >= 0.3 is 0 Å². The molecule has 25 heavy (non-hydrogen) atoms. The summed E-state index contributed by atoms with van der Waals surface area (Å²) in [5, 5.41) is 11.2. The lowest BCUT2D eigenvalue weighted by molar-refractivity contribution is -0.117. The van der Waals surface area contributed by atoms with Crippen LogP contribution in [-0.2, 0) is 11.3 Å². The van der Waals surface area contributed by atoms with E-state index < -0.39 is 0 Å². The summed E-state index contributed by atoms with van der Waals surface area (Å²) in [6.45, 7) is 2.32. The summed E-state index contributed by atoms with van der Waals surface area (Å²) in [6, 6.07) is 16.7. The molecule has 2 aromatic carbocycles. The van der Waals surface area contributed by atoms with Gasteiger partial charge in [-0.2, -0.15) is 0 Å². The van der Waals surface area contributed by atoms with Gasteiger partial charge in [0, 0.05) is 12.1 Å². The minimum atomic E-state index is -0.212. The van der Waals surface area contributed by atoms with Crippen LogP contribution in [0, 0.1) is 0 Å². The van der Waals surface area contributed by atoms with Crippen LogP contribution in [-0.4, -0.2) is 27.4 Å². The summed E-state index contributed by atoms with van der Waals surface area (Å²) < 4.78 is 1.26. The van der Waals surface area contributed by atoms with E-state index >= 15 is 0 Å². The van der Waals surface area contributed by atoms with E-state index in [2.05, 4.69) is 15.6 Å². The number of benzene rings is 2. The third-order valence-electron chi connectivity index (χ3n) is 3.78. The zero-order chi connectivity index (χ0) is 17.6. The highest BCUT2D eigenvalue weighted by atomic mass is 16.2. The zero-order valence-electron chi connectivity index (χ0n) is 13.8. The van der Waals surface area contributed by atoms with Crippen LogP contribution in [0.1, 0.15) is 12.5 Å². The first-order valence-corrected chi connectivity index (χ1v) is 7.99. The van der Waals surface area contributed by atoms with Gasteiger partial charge in [0.25, 0.3) is 5.56 Å². The molecule has 3 aromatic rings. The molecule has 0 aliphatic carbocycles. The lowest BCUT2D eigenvalue weighted by atomic mass is 10.1. The molecule has 126 valence electrons. The van der Waals surface area contributed by atoms with Crippen molar-refractivity contribution < 1.29 is 4.79 Å². The van der Waals surface area contributed by atoms with Gasteiger partial charge in [-0.05, 0) is 30.7 Å². The second-order valence-electron chi connectivity index (χ2n) is 5.63. The fourth-order valence-electron chi connectivity index (χ4n) is 2.45. The number of carbonyl (C=O) groups excluding carboxylic acids is 1. The number of carbonyl (C=O) groups is 1. The predicted octanol–water partition coefficient (Wildman–Crippen LogP) is 2.01. The van der Waals surface area contributed by atoms with Gasteiger partial charge < -0.3 is 5.32 Å². The van der Waals surface area contributed by atoms with Gasteiger partial charge in [-0.15, -0.1) is 5.10 Å². The van der Waals surface area contributed by atoms with Crippen molar-refractivity contribution in [2.45, 2.75) is 13.5 Å². The van der Waals surface area contributed by atoms with Gasteiger partial charge in [0.05, 0.1) is 11.9 Å². The molecule has 0 aliphatic heterocycles. The minimum Gasteiger partial charge on any atom is -0.350 e. The molecule has 1 N–H and O–H groups in total. The van der Waals surface area contributed by atoms with E-state index in [1.165, 1.54) is 4.68 Å². The van der Waals surface area contributed by atoms with E-state index in [1.807, 2.05) is 42.5 Å². The maximum atomic E-state index is 12.3.